The Morgan fingerprint density at radius 1 is 0.523 bits per heavy atom. The van der Waals surface area contributed by atoms with Crippen molar-refractivity contribution in [1.82, 2.24) is 21.3 Å². The van der Waals surface area contributed by atoms with Crippen LogP contribution in [-0.2, 0) is 35.2 Å². The topological polar surface area (TPSA) is 92.9 Å². The Morgan fingerprint density at radius 2 is 0.954 bits per heavy atom. The molecule has 334 valence electrons. The van der Waals surface area contributed by atoms with E-state index in [1.165, 1.54) is 55.6 Å². The molecular weight excluding hydrogens is 805 g/mol. The van der Waals surface area contributed by atoms with Crippen LogP contribution in [0.3, 0.4) is 0 Å². The number of hydrogen-bond acceptors (Lipinski definition) is 8. The van der Waals surface area contributed by atoms with Crippen molar-refractivity contribution in [2.75, 3.05) is 20.3 Å². The number of unbranched alkanes of at least 4 members (excludes halogenated alkanes) is 3. The minimum atomic E-state index is -0.317. The van der Waals surface area contributed by atoms with Gasteiger partial charge in [-0.1, -0.05) is 128 Å². The first-order chi connectivity index (χ1) is 31.9. The van der Waals surface area contributed by atoms with Gasteiger partial charge in [0.1, 0.15) is 11.5 Å². The molecule has 8 nitrogen and oxygen atoms in total. The molecule has 6 aliphatic rings. The van der Waals surface area contributed by atoms with E-state index in [1.54, 1.807) is 14.0 Å². The maximum atomic E-state index is 11.6. The molecule has 0 spiro atoms. The van der Waals surface area contributed by atoms with Crippen LogP contribution in [0.25, 0.3) is 0 Å². The Morgan fingerprint density at radius 3 is 1.40 bits per heavy atom. The summed E-state index contributed by atoms with van der Waals surface area (Å²) in [4.78, 5) is 11.6. The van der Waals surface area contributed by atoms with E-state index in [2.05, 4.69) is 173 Å². The van der Waals surface area contributed by atoms with Crippen molar-refractivity contribution in [3.63, 3.8) is 0 Å². The Hall–Kier alpha value is -6.03. The van der Waals surface area contributed by atoms with Gasteiger partial charge < -0.3 is 14.2 Å². The quantitative estimate of drug-likeness (QED) is 0.0434. The van der Waals surface area contributed by atoms with E-state index in [4.69, 9.17) is 14.2 Å². The van der Waals surface area contributed by atoms with Gasteiger partial charge in [-0.2, -0.15) is 0 Å². The average Bonchev–Trinajstić information content (AvgIpc) is 4.00. The Kier molecular flexibility index (Phi) is 14.2. The van der Waals surface area contributed by atoms with E-state index in [-0.39, 0.29) is 42.5 Å². The van der Waals surface area contributed by atoms with Crippen LogP contribution in [0.2, 0.25) is 0 Å². The number of rotatable bonds is 16. The first-order valence-electron chi connectivity index (χ1n) is 23.5. The number of ether oxygens (including phenoxy) is 3. The molecule has 0 aromatic heterocycles. The summed E-state index contributed by atoms with van der Waals surface area (Å²) in [5.74, 6) is 1.39. The summed E-state index contributed by atoms with van der Waals surface area (Å²) in [6.45, 7) is 6.38. The minimum absolute atomic E-state index is 0.0150. The molecule has 65 heavy (non-hydrogen) atoms. The summed E-state index contributed by atoms with van der Waals surface area (Å²) >= 11 is 0. The van der Waals surface area contributed by atoms with Crippen LogP contribution >= 0.6 is 0 Å². The second kappa shape index (κ2) is 20.9. The lowest BCUT2D eigenvalue weighted by Gasteiger charge is -2.23. The molecule has 8 heteroatoms. The first-order valence-corrected chi connectivity index (χ1v) is 23.5. The number of carbonyl (C=O) groups is 1. The zero-order valence-corrected chi connectivity index (χ0v) is 37.7. The predicted octanol–water partition coefficient (Wildman–Crippen LogP) is 11.0. The summed E-state index contributed by atoms with van der Waals surface area (Å²) < 4.78 is 16.9. The minimum Gasteiger partial charge on any atom is -0.497 e. The van der Waals surface area contributed by atoms with E-state index >= 15 is 0 Å². The number of methoxy groups -OCH3 is 1. The molecule has 2 aliphatic heterocycles. The third-order valence-electron chi connectivity index (χ3n) is 13.4. The molecular formula is C57H62N4O4. The molecule has 0 amide bonds. The monoisotopic (exact) mass is 866 g/mol. The molecule has 6 aromatic carbocycles. The van der Waals surface area contributed by atoms with Crippen molar-refractivity contribution in [3.8, 4) is 11.5 Å². The molecule has 5 unspecified atom stereocenters. The molecule has 6 aromatic rings. The van der Waals surface area contributed by atoms with Crippen molar-refractivity contribution >= 4 is 5.97 Å². The Balaban J connectivity index is 0.917. The van der Waals surface area contributed by atoms with Crippen molar-refractivity contribution in [2.45, 2.75) is 94.8 Å². The van der Waals surface area contributed by atoms with Crippen LogP contribution in [0.15, 0.2) is 158 Å². The second-order valence-corrected chi connectivity index (χ2v) is 17.9. The zero-order valence-electron chi connectivity index (χ0n) is 37.7. The molecule has 4 aliphatic carbocycles. The van der Waals surface area contributed by atoms with Gasteiger partial charge in [0.2, 0.25) is 0 Å². The van der Waals surface area contributed by atoms with Crippen molar-refractivity contribution in [3.05, 3.63) is 213 Å². The molecule has 0 saturated carbocycles. The van der Waals surface area contributed by atoms with Crippen LogP contribution in [0.4, 0.5) is 0 Å². The van der Waals surface area contributed by atoms with E-state index in [9.17, 15) is 4.79 Å². The largest absolute Gasteiger partial charge is 0.497 e. The second-order valence-electron chi connectivity index (χ2n) is 17.9. The third-order valence-corrected chi connectivity index (χ3v) is 13.4. The van der Waals surface area contributed by atoms with Gasteiger partial charge in [0.25, 0.3) is 0 Å². The summed E-state index contributed by atoms with van der Waals surface area (Å²) in [6, 6.07) is 53.5. The van der Waals surface area contributed by atoms with Crippen molar-refractivity contribution < 1.29 is 19.0 Å². The Bertz CT molecular complexity index is 2480. The molecule has 4 N–H and O–H groups in total. The zero-order chi connectivity index (χ0) is 44.5. The molecule has 4 bridgehead atoms. The number of benzene rings is 6. The van der Waals surface area contributed by atoms with Gasteiger partial charge in [-0.25, -0.2) is 4.79 Å². The Labute approximate surface area is 384 Å². The van der Waals surface area contributed by atoms with Crippen LogP contribution in [0.5, 0.6) is 11.5 Å². The van der Waals surface area contributed by atoms with Gasteiger partial charge in [-0.05, 0) is 138 Å². The van der Waals surface area contributed by atoms with E-state index in [0.29, 0.717) is 18.8 Å². The third kappa shape index (κ3) is 10.6. The van der Waals surface area contributed by atoms with Crippen LogP contribution < -0.4 is 30.7 Å². The van der Waals surface area contributed by atoms with Gasteiger partial charge in [0, 0.05) is 5.57 Å². The maximum absolute atomic E-state index is 11.6. The van der Waals surface area contributed by atoms with Crippen molar-refractivity contribution in [2.24, 2.45) is 0 Å². The van der Waals surface area contributed by atoms with Gasteiger partial charge in [0.05, 0.1) is 56.8 Å². The highest BCUT2D eigenvalue weighted by Gasteiger charge is 2.38. The van der Waals surface area contributed by atoms with Crippen LogP contribution in [-0.4, -0.2) is 26.3 Å². The fraction of sp³-hybridized carbons (Fsp3) is 0.316. The number of nitrogens with one attached hydrogen (secondary N) is 4. The van der Waals surface area contributed by atoms with Gasteiger partial charge >= 0.3 is 5.97 Å². The lowest BCUT2D eigenvalue weighted by atomic mass is 9.89. The average molecular weight is 867 g/mol. The predicted molar refractivity (Wildman–Crippen MR) is 259 cm³/mol. The SMILES string of the molecule is C=C(C)C(=O)OCCCCCCOc1ccc(C2NC(c3cc4ccc3CCc3ccc(cc3C3NC(c5ccccc5)C(c5ccccc5)N3)CC4)NC2c2ccc(OC)cc2)cc1. The number of carbonyl (C=O) groups excluding carboxylic acids is 1. The number of esters is 1. The highest BCUT2D eigenvalue weighted by atomic mass is 16.5. The normalized spacial score (nSPS) is 21.4. The van der Waals surface area contributed by atoms with Crippen molar-refractivity contribution in [1.29, 1.82) is 0 Å². The number of hydrogen-bond donors (Lipinski definition) is 4. The fourth-order valence-corrected chi connectivity index (χ4v) is 9.80. The summed E-state index contributed by atoms with van der Waals surface area (Å²) in [5, 5.41) is 16.2. The lowest BCUT2D eigenvalue weighted by Crippen LogP contribution is -2.25. The van der Waals surface area contributed by atoms with E-state index < -0.39 is 0 Å². The molecule has 2 saturated heterocycles. The summed E-state index contributed by atoms with van der Waals surface area (Å²) in [5.41, 5.74) is 13.5. The van der Waals surface area contributed by atoms with Gasteiger partial charge in [-0.3, -0.25) is 21.3 Å². The first kappa shape index (κ1) is 44.2. The van der Waals surface area contributed by atoms with Crippen LogP contribution in [0.1, 0.15) is 125 Å². The lowest BCUT2D eigenvalue weighted by molar-refractivity contribution is -0.139. The molecule has 2 fully saturated rings. The molecule has 2 heterocycles. The molecule has 12 rings (SSSR count). The molecule has 5 atom stereocenters. The smallest absolute Gasteiger partial charge is 0.333 e. The standard InChI is InChI=1S/C57H62N4O4/c1-38(2)57(62)65-35-13-5-4-12-34-64-48-32-28-46(29-33-48)54-53(45-26-30-47(63-3)31-27-45)60-56(61-54)50-37-40-19-18-39-20-22-41(24-25-42(50)23-21-40)49(36-39)55-58-51(43-14-8-6-9-15-43)52(59-55)44-16-10-7-11-17-44/h6-11,14-17,20-23,26-33,36-37,51-56,58-61H,1,4-5,12-13,18-19,24-25,34-35H2,2-3H3. The van der Waals surface area contributed by atoms with E-state index in [1.807, 2.05) is 0 Å². The van der Waals surface area contributed by atoms with E-state index in [0.717, 1.165) is 62.9 Å². The maximum Gasteiger partial charge on any atom is 0.333 e. The fourth-order valence-electron chi connectivity index (χ4n) is 9.80. The van der Waals surface area contributed by atoms with Gasteiger partial charge in [-0.15, -0.1) is 0 Å². The van der Waals surface area contributed by atoms with Gasteiger partial charge in [0.15, 0.2) is 0 Å². The summed E-state index contributed by atoms with van der Waals surface area (Å²) in [7, 11) is 1.71. The highest BCUT2D eigenvalue weighted by Crippen LogP contribution is 2.42. The number of aryl methyl sites for hydroxylation is 4. The summed E-state index contributed by atoms with van der Waals surface area (Å²) in [6.07, 6.45) is 7.52. The van der Waals surface area contributed by atoms with Crippen LogP contribution in [0, 0.1) is 0 Å². The highest BCUT2D eigenvalue weighted by molar-refractivity contribution is 5.86. The molecule has 0 radical (unpaired) electrons.